The molecule has 1 N–H and O–H groups in total. The van der Waals surface area contributed by atoms with Crippen molar-refractivity contribution in [2.24, 2.45) is 0 Å². The molecule has 0 aliphatic rings. The molecular formula is C18H22N2O5S. The van der Waals surface area contributed by atoms with Crippen molar-refractivity contribution in [2.45, 2.75) is 6.42 Å². The molecule has 1 amide bonds. The molecule has 0 saturated heterocycles. The molecule has 8 heteroatoms. The standard InChI is InChI=1S/C18H22N2O5S/c1-24-16-8-4-14(5-9-16)19-18(21)12-13-20(26(3,22)23)15-6-10-17(25-2)11-7-15/h4-11H,12-13H2,1-3H3,(H,19,21). The predicted molar refractivity (Wildman–Crippen MR) is 101 cm³/mol. The predicted octanol–water partition coefficient (Wildman–Crippen LogP) is 2.50. The Morgan fingerprint density at radius 2 is 1.46 bits per heavy atom. The third-order valence-electron chi connectivity index (χ3n) is 3.68. The third-order valence-corrected chi connectivity index (χ3v) is 4.87. The van der Waals surface area contributed by atoms with Crippen molar-refractivity contribution in [3.8, 4) is 11.5 Å². The van der Waals surface area contributed by atoms with Crippen LogP contribution in [0.5, 0.6) is 11.5 Å². The molecule has 0 aliphatic heterocycles. The molecule has 0 fully saturated rings. The monoisotopic (exact) mass is 378 g/mol. The van der Waals surface area contributed by atoms with Crippen molar-refractivity contribution in [1.29, 1.82) is 0 Å². The molecule has 0 atom stereocenters. The number of methoxy groups -OCH3 is 2. The average molecular weight is 378 g/mol. The van der Waals surface area contributed by atoms with E-state index in [-0.39, 0.29) is 18.9 Å². The first-order chi connectivity index (χ1) is 12.3. The number of sulfonamides is 1. The van der Waals surface area contributed by atoms with Crippen molar-refractivity contribution in [2.75, 3.05) is 36.6 Å². The van der Waals surface area contributed by atoms with Crippen LogP contribution in [-0.4, -0.2) is 41.3 Å². The van der Waals surface area contributed by atoms with Gasteiger partial charge in [-0.15, -0.1) is 0 Å². The number of hydrogen-bond acceptors (Lipinski definition) is 5. The number of carbonyl (C=O) groups excluding carboxylic acids is 1. The summed E-state index contributed by atoms with van der Waals surface area (Å²) < 4.78 is 35.5. The lowest BCUT2D eigenvalue weighted by molar-refractivity contribution is -0.116. The molecule has 2 rings (SSSR count). The molecule has 0 heterocycles. The molecule has 0 radical (unpaired) electrons. The maximum atomic E-state index is 12.1. The number of carbonyl (C=O) groups is 1. The summed E-state index contributed by atoms with van der Waals surface area (Å²) in [4.78, 5) is 12.1. The summed E-state index contributed by atoms with van der Waals surface area (Å²) in [5.41, 5.74) is 1.09. The molecule has 0 saturated carbocycles. The number of benzene rings is 2. The van der Waals surface area contributed by atoms with Crippen LogP contribution in [0.2, 0.25) is 0 Å². The van der Waals surface area contributed by atoms with Crippen molar-refractivity contribution in [3.63, 3.8) is 0 Å². The lowest BCUT2D eigenvalue weighted by atomic mass is 10.2. The van der Waals surface area contributed by atoms with E-state index in [1.165, 1.54) is 11.4 Å². The van der Waals surface area contributed by atoms with Gasteiger partial charge in [0.25, 0.3) is 0 Å². The largest absolute Gasteiger partial charge is 0.497 e. The minimum absolute atomic E-state index is 0.0190. The van der Waals surface area contributed by atoms with Crippen molar-refractivity contribution < 1.29 is 22.7 Å². The number of ether oxygens (including phenoxy) is 2. The summed E-state index contributed by atoms with van der Waals surface area (Å²) in [6.07, 6.45) is 1.13. The molecule has 2 aromatic carbocycles. The number of nitrogens with zero attached hydrogens (tertiary/aromatic N) is 1. The van der Waals surface area contributed by atoms with E-state index in [0.717, 1.165) is 6.26 Å². The lowest BCUT2D eigenvalue weighted by Crippen LogP contribution is -2.33. The first kappa shape index (κ1) is 19.6. The molecule has 0 aromatic heterocycles. The highest BCUT2D eigenvalue weighted by atomic mass is 32.2. The summed E-state index contributed by atoms with van der Waals surface area (Å²) >= 11 is 0. The number of nitrogens with one attached hydrogen (secondary N) is 1. The normalized spacial score (nSPS) is 10.9. The SMILES string of the molecule is COc1ccc(NC(=O)CCN(c2ccc(OC)cc2)S(C)(=O)=O)cc1. The van der Waals surface area contributed by atoms with Crippen LogP contribution in [0.1, 0.15) is 6.42 Å². The highest BCUT2D eigenvalue weighted by Crippen LogP contribution is 2.22. The quantitative estimate of drug-likeness (QED) is 0.763. The van der Waals surface area contributed by atoms with E-state index in [2.05, 4.69) is 5.32 Å². The minimum atomic E-state index is -3.52. The van der Waals surface area contributed by atoms with Crippen LogP contribution in [0.3, 0.4) is 0 Å². The molecule has 26 heavy (non-hydrogen) atoms. The Morgan fingerprint density at radius 1 is 0.962 bits per heavy atom. The van der Waals surface area contributed by atoms with Gasteiger partial charge in [0.2, 0.25) is 15.9 Å². The molecule has 0 aliphatic carbocycles. The molecule has 0 bridgehead atoms. The van der Waals surface area contributed by atoms with Gasteiger partial charge in [0.05, 0.1) is 26.2 Å². The highest BCUT2D eigenvalue weighted by Gasteiger charge is 2.18. The van der Waals surface area contributed by atoms with Crippen molar-refractivity contribution in [1.82, 2.24) is 0 Å². The van der Waals surface area contributed by atoms with E-state index >= 15 is 0 Å². The lowest BCUT2D eigenvalue weighted by Gasteiger charge is -2.22. The second-order valence-electron chi connectivity index (χ2n) is 5.56. The number of rotatable bonds is 8. The second-order valence-corrected chi connectivity index (χ2v) is 7.47. The first-order valence-corrected chi connectivity index (χ1v) is 9.74. The molecule has 0 unspecified atom stereocenters. The van der Waals surface area contributed by atoms with Crippen LogP contribution in [0.15, 0.2) is 48.5 Å². The fraction of sp³-hybridized carbons (Fsp3) is 0.278. The number of anilines is 2. The average Bonchev–Trinajstić information content (AvgIpc) is 2.62. The molecule has 140 valence electrons. The fourth-order valence-corrected chi connectivity index (χ4v) is 3.26. The van der Waals surface area contributed by atoms with E-state index in [1.54, 1.807) is 55.6 Å². The van der Waals surface area contributed by atoms with E-state index in [0.29, 0.717) is 22.9 Å². The van der Waals surface area contributed by atoms with Gasteiger partial charge in [-0.05, 0) is 48.5 Å². The maximum absolute atomic E-state index is 12.1. The fourth-order valence-electron chi connectivity index (χ4n) is 2.34. The number of hydrogen-bond donors (Lipinski definition) is 1. The van der Waals surface area contributed by atoms with Crippen molar-refractivity contribution in [3.05, 3.63) is 48.5 Å². The van der Waals surface area contributed by atoms with Crippen LogP contribution in [0, 0.1) is 0 Å². The Hall–Kier alpha value is -2.74. The Balaban J connectivity index is 2.02. The summed E-state index contributed by atoms with van der Waals surface area (Å²) in [5, 5.41) is 2.73. The van der Waals surface area contributed by atoms with Gasteiger partial charge in [-0.1, -0.05) is 0 Å². The highest BCUT2D eigenvalue weighted by molar-refractivity contribution is 7.92. The first-order valence-electron chi connectivity index (χ1n) is 7.89. The number of amides is 1. The summed E-state index contributed by atoms with van der Waals surface area (Å²) in [7, 11) is -0.422. The second kappa shape index (κ2) is 8.57. The van der Waals surface area contributed by atoms with Gasteiger partial charge in [-0.2, -0.15) is 0 Å². The summed E-state index contributed by atoms with van der Waals surface area (Å²) in [6.45, 7) is 0.0349. The van der Waals surface area contributed by atoms with Crippen LogP contribution in [0.4, 0.5) is 11.4 Å². The van der Waals surface area contributed by atoms with Gasteiger partial charge in [-0.25, -0.2) is 8.42 Å². The van der Waals surface area contributed by atoms with Crippen LogP contribution >= 0.6 is 0 Å². The zero-order valence-corrected chi connectivity index (χ0v) is 15.7. The van der Waals surface area contributed by atoms with Crippen LogP contribution in [-0.2, 0) is 14.8 Å². The Kier molecular flexibility index (Phi) is 6.46. The van der Waals surface area contributed by atoms with E-state index in [4.69, 9.17) is 9.47 Å². The zero-order chi connectivity index (χ0) is 19.2. The summed E-state index contributed by atoms with van der Waals surface area (Å²) in [5.74, 6) is 1.03. The van der Waals surface area contributed by atoms with Crippen LogP contribution in [0.25, 0.3) is 0 Å². The Labute approximate surface area is 153 Å². The maximum Gasteiger partial charge on any atom is 0.232 e. The van der Waals surface area contributed by atoms with Gasteiger partial charge in [0, 0.05) is 18.7 Å². The zero-order valence-electron chi connectivity index (χ0n) is 14.9. The topological polar surface area (TPSA) is 84.9 Å². The van der Waals surface area contributed by atoms with Gasteiger partial charge >= 0.3 is 0 Å². The van der Waals surface area contributed by atoms with Gasteiger partial charge < -0.3 is 14.8 Å². The van der Waals surface area contributed by atoms with Gasteiger partial charge in [-0.3, -0.25) is 9.10 Å². The van der Waals surface area contributed by atoms with E-state index in [9.17, 15) is 13.2 Å². The van der Waals surface area contributed by atoms with E-state index < -0.39 is 10.0 Å². The van der Waals surface area contributed by atoms with Crippen molar-refractivity contribution >= 4 is 27.3 Å². The van der Waals surface area contributed by atoms with Gasteiger partial charge in [0.15, 0.2) is 0 Å². The minimum Gasteiger partial charge on any atom is -0.497 e. The van der Waals surface area contributed by atoms with Crippen LogP contribution < -0.4 is 19.1 Å². The Bertz CT molecular complexity index is 833. The Morgan fingerprint density at radius 3 is 1.92 bits per heavy atom. The molecule has 2 aromatic rings. The molecular weight excluding hydrogens is 356 g/mol. The third kappa shape index (κ3) is 5.38. The summed E-state index contributed by atoms with van der Waals surface area (Å²) in [6, 6.07) is 13.5. The smallest absolute Gasteiger partial charge is 0.232 e. The molecule has 7 nitrogen and oxygen atoms in total. The van der Waals surface area contributed by atoms with Gasteiger partial charge in [0.1, 0.15) is 11.5 Å². The van der Waals surface area contributed by atoms with E-state index in [1.807, 2.05) is 0 Å². The molecule has 0 spiro atoms.